The fourth-order valence-electron chi connectivity index (χ4n) is 3.06. The molecule has 22 heavy (non-hydrogen) atoms. The van der Waals surface area contributed by atoms with E-state index in [-0.39, 0.29) is 5.91 Å². The average molecular weight is 322 g/mol. The molecule has 2 N–H and O–H groups in total. The van der Waals surface area contributed by atoms with E-state index in [4.69, 9.17) is 16.3 Å². The Morgan fingerprint density at radius 3 is 2.64 bits per heavy atom. The molecule has 6 heteroatoms. The van der Waals surface area contributed by atoms with Crippen LogP contribution in [0.4, 0.5) is 0 Å². The zero-order chi connectivity index (χ0) is 15.7. The number of ether oxygens (including phenoxy) is 1. The van der Waals surface area contributed by atoms with Gasteiger partial charge in [-0.2, -0.15) is 0 Å². The quantitative estimate of drug-likeness (QED) is 0.809. The smallest absolute Gasteiger partial charge is 0.310 e. The summed E-state index contributed by atoms with van der Waals surface area (Å²) in [5.74, 6) is -2.73. The van der Waals surface area contributed by atoms with Gasteiger partial charge in [0, 0.05) is 11.6 Å². The van der Waals surface area contributed by atoms with Crippen molar-refractivity contribution in [2.24, 2.45) is 11.8 Å². The van der Waals surface area contributed by atoms with E-state index in [0.717, 1.165) is 5.56 Å². The minimum atomic E-state index is -0.994. The number of halogens is 1. The van der Waals surface area contributed by atoms with Crippen molar-refractivity contribution in [1.29, 1.82) is 0 Å². The molecule has 0 spiro atoms. The van der Waals surface area contributed by atoms with Crippen LogP contribution in [0, 0.1) is 11.8 Å². The topological polar surface area (TPSA) is 75.6 Å². The molecule has 5 nitrogen and oxygen atoms in total. The number of aliphatic carboxylic acids is 1. The summed E-state index contributed by atoms with van der Waals surface area (Å²) in [7, 11) is 0. The summed E-state index contributed by atoms with van der Waals surface area (Å²) in [5, 5.41) is 12.7. The van der Waals surface area contributed by atoms with E-state index in [0.29, 0.717) is 18.0 Å². The van der Waals surface area contributed by atoms with Crippen molar-refractivity contribution in [3.63, 3.8) is 0 Å². The molecule has 2 bridgehead atoms. The lowest BCUT2D eigenvalue weighted by atomic mass is 9.82. The third-order valence-corrected chi connectivity index (χ3v) is 4.32. The van der Waals surface area contributed by atoms with Crippen molar-refractivity contribution in [2.45, 2.75) is 18.6 Å². The Kier molecular flexibility index (Phi) is 4.18. The predicted molar refractivity (Wildman–Crippen MR) is 80.6 cm³/mol. The largest absolute Gasteiger partial charge is 0.481 e. The van der Waals surface area contributed by atoms with Crippen LogP contribution >= 0.6 is 11.6 Å². The Balaban J connectivity index is 1.58. The number of carboxylic acid groups (broad SMARTS) is 1. The highest BCUT2D eigenvalue weighted by Crippen LogP contribution is 2.39. The Labute approximate surface area is 132 Å². The van der Waals surface area contributed by atoms with Crippen LogP contribution in [0.1, 0.15) is 5.56 Å². The summed E-state index contributed by atoms with van der Waals surface area (Å²) in [6.07, 6.45) is 3.20. The lowest BCUT2D eigenvalue weighted by molar-refractivity contribution is -0.146. The molecule has 1 amide bonds. The van der Waals surface area contributed by atoms with Gasteiger partial charge in [0.25, 0.3) is 0 Å². The van der Waals surface area contributed by atoms with E-state index in [1.807, 2.05) is 18.2 Å². The van der Waals surface area contributed by atoms with Gasteiger partial charge in [0.1, 0.15) is 5.92 Å². The molecule has 0 radical (unpaired) electrons. The van der Waals surface area contributed by atoms with Gasteiger partial charge in [0.2, 0.25) is 5.91 Å². The first-order valence-electron chi connectivity index (χ1n) is 7.15. The molecular weight excluding hydrogens is 306 g/mol. The first-order valence-corrected chi connectivity index (χ1v) is 7.53. The fourth-order valence-corrected chi connectivity index (χ4v) is 3.27. The zero-order valence-electron chi connectivity index (χ0n) is 11.7. The van der Waals surface area contributed by atoms with Gasteiger partial charge in [-0.05, 0) is 24.1 Å². The van der Waals surface area contributed by atoms with Gasteiger partial charge in [-0.25, -0.2) is 0 Å². The lowest BCUT2D eigenvalue weighted by Gasteiger charge is -2.20. The summed E-state index contributed by atoms with van der Waals surface area (Å²) >= 11 is 5.91. The SMILES string of the molecule is O=C(NCCc1cccc(Cl)c1)[C@@H]1[C@H](C(=O)O)[C@H]2C=C[C@H]1O2. The van der Waals surface area contributed by atoms with Crippen LogP contribution in [0.15, 0.2) is 36.4 Å². The number of amides is 1. The van der Waals surface area contributed by atoms with Crippen molar-refractivity contribution >= 4 is 23.5 Å². The minimum absolute atomic E-state index is 0.272. The maximum absolute atomic E-state index is 12.3. The molecule has 2 aliphatic rings. The second-order valence-electron chi connectivity index (χ2n) is 5.51. The van der Waals surface area contributed by atoms with Crippen molar-refractivity contribution < 1.29 is 19.4 Å². The minimum Gasteiger partial charge on any atom is -0.481 e. The second-order valence-corrected chi connectivity index (χ2v) is 5.95. The fraction of sp³-hybridized carbons (Fsp3) is 0.375. The van der Waals surface area contributed by atoms with Gasteiger partial charge < -0.3 is 15.2 Å². The van der Waals surface area contributed by atoms with Gasteiger partial charge in [-0.1, -0.05) is 35.9 Å². The van der Waals surface area contributed by atoms with Crippen LogP contribution in [0.3, 0.4) is 0 Å². The highest BCUT2D eigenvalue weighted by molar-refractivity contribution is 6.30. The van der Waals surface area contributed by atoms with Crippen molar-refractivity contribution in [3.8, 4) is 0 Å². The predicted octanol–water partition coefficient (Wildman–Crippen LogP) is 1.65. The number of rotatable bonds is 5. The molecule has 0 unspecified atom stereocenters. The molecule has 4 atom stereocenters. The molecule has 116 valence electrons. The first-order chi connectivity index (χ1) is 10.6. The van der Waals surface area contributed by atoms with Gasteiger partial charge in [0.15, 0.2) is 0 Å². The molecule has 0 aliphatic carbocycles. The van der Waals surface area contributed by atoms with E-state index >= 15 is 0 Å². The van der Waals surface area contributed by atoms with E-state index in [1.54, 1.807) is 18.2 Å². The van der Waals surface area contributed by atoms with Gasteiger partial charge >= 0.3 is 5.97 Å². The number of benzene rings is 1. The van der Waals surface area contributed by atoms with Crippen LogP contribution in [-0.2, 0) is 20.7 Å². The van der Waals surface area contributed by atoms with Gasteiger partial charge in [-0.3, -0.25) is 9.59 Å². The number of hydrogen-bond acceptors (Lipinski definition) is 3. The molecule has 1 aromatic rings. The summed E-state index contributed by atoms with van der Waals surface area (Å²) in [4.78, 5) is 23.6. The van der Waals surface area contributed by atoms with Crippen LogP contribution in [-0.4, -0.2) is 35.7 Å². The van der Waals surface area contributed by atoms with E-state index in [2.05, 4.69) is 5.32 Å². The van der Waals surface area contributed by atoms with Crippen LogP contribution in [0.2, 0.25) is 5.02 Å². The molecule has 1 fully saturated rings. The molecule has 0 saturated carbocycles. The molecule has 1 aromatic carbocycles. The van der Waals surface area contributed by atoms with Crippen molar-refractivity contribution in [3.05, 3.63) is 47.0 Å². The highest BCUT2D eigenvalue weighted by atomic mass is 35.5. The van der Waals surface area contributed by atoms with Crippen LogP contribution < -0.4 is 5.32 Å². The average Bonchev–Trinajstić information content (AvgIpc) is 3.07. The monoisotopic (exact) mass is 321 g/mol. The summed E-state index contributed by atoms with van der Waals surface area (Å²) in [5.41, 5.74) is 1.02. The standard InChI is InChI=1S/C16H16ClNO4/c17-10-3-1-2-9(8-10)6-7-18-15(19)13-11-4-5-12(22-11)14(13)16(20)21/h1-5,8,11-14H,6-7H2,(H,18,19)(H,20,21)/t11-,12-,13+,14-/m1/s1. The van der Waals surface area contributed by atoms with Gasteiger partial charge in [0.05, 0.1) is 18.1 Å². The molecule has 0 aromatic heterocycles. The van der Waals surface area contributed by atoms with E-state index in [9.17, 15) is 14.7 Å². The van der Waals surface area contributed by atoms with E-state index in [1.165, 1.54) is 0 Å². The number of carboxylic acids is 1. The molecular formula is C16H16ClNO4. The van der Waals surface area contributed by atoms with E-state index < -0.39 is 30.0 Å². The van der Waals surface area contributed by atoms with Gasteiger partial charge in [-0.15, -0.1) is 0 Å². The normalized spacial score (nSPS) is 28.8. The first kappa shape index (κ1) is 15.1. The Hall–Kier alpha value is -1.85. The van der Waals surface area contributed by atoms with Crippen molar-refractivity contribution in [2.75, 3.05) is 6.54 Å². The molecule has 2 heterocycles. The number of hydrogen-bond donors (Lipinski definition) is 2. The third-order valence-electron chi connectivity index (χ3n) is 4.09. The number of carbonyl (C=O) groups is 2. The summed E-state index contributed by atoms with van der Waals surface area (Å²) in [6.45, 7) is 0.434. The Bertz CT molecular complexity index is 630. The van der Waals surface area contributed by atoms with Crippen LogP contribution in [0.5, 0.6) is 0 Å². The number of nitrogens with one attached hydrogen (secondary N) is 1. The maximum Gasteiger partial charge on any atom is 0.310 e. The van der Waals surface area contributed by atoms with Crippen LogP contribution in [0.25, 0.3) is 0 Å². The zero-order valence-corrected chi connectivity index (χ0v) is 12.5. The Morgan fingerprint density at radius 2 is 1.95 bits per heavy atom. The van der Waals surface area contributed by atoms with Crippen molar-refractivity contribution in [1.82, 2.24) is 5.32 Å². The highest BCUT2D eigenvalue weighted by Gasteiger charge is 2.53. The summed E-state index contributed by atoms with van der Waals surface area (Å²) in [6, 6.07) is 7.42. The third kappa shape index (κ3) is 2.87. The lowest BCUT2D eigenvalue weighted by Crippen LogP contribution is -2.43. The molecule has 2 aliphatic heterocycles. The second kappa shape index (κ2) is 6.10. The molecule has 1 saturated heterocycles. The summed E-state index contributed by atoms with van der Waals surface area (Å²) < 4.78 is 5.49. The maximum atomic E-state index is 12.3. The number of carbonyl (C=O) groups excluding carboxylic acids is 1. The number of fused-ring (bicyclic) bond motifs is 2. The molecule has 3 rings (SSSR count). The Morgan fingerprint density at radius 1 is 1.23 bits per heavy atom.